The number of halogens is 2. The summed E-state index contributed by atoms with van der Waals surface area (Å²) in [6, 6.07) is 0. The van der Waals surface area contributed by atoms with Gasteiger partial charge in [-0.2, -0.15) is 0 Å². The van der Waals surface area contributed by atoms with Gasteiger partial charge in [0.1, 0.15) is 6.29 Å². The molecule has 0 heterocycles. The summed E-state index contributed by atoms with van der Waals surface area (Å²) in [6.45, 7) is 0.859. The third-order valence-electron chi connectivity index (χ3n) is 2.79. The molecule has 0 aromatic heterocycles. The number of rotatable bonds is 3. The zero-order valence-corrected chi connectivity index (χ0v) is 11.8. The number of aldehydes is 1. The molecule has 0 aromatic carbocycles. The van der Waals surface area contributed by atoms with E-state index in [2.05, 4.69) is 36.8 Å². The Hall–Kier alpha value is 0.590. The second-order valence-corrected chi connectivity index (χ2v) is 6.85. The van der Waals surface area contributed by atoms with Crippen LogP contribution < -0.4 is 0 Å². The van der Waals surface area contributed by atoms with Crippen LogP contribution in [0.2, 0.25) is 0 Å². The minimum Gasteiger partial charge on any atom is -0.308 e. The molecular weight excluding hydrogens is 310 g/mol. The summed E-state index contributed by atoms with van der Waals surface area (Å²) >= 11 is 7.26. The molecule has 0 aromatic rings. The number of nitrogens with zero attached hydrogens (tertiary/aromatic N) is 1. The van der Waals surface area contributed by atoms with Crippen LogP contribution in [0.4, 0.5) is 0 Å². The molecule has 4 heteroatoms. The predicted octanol–water partition coefficient (Wildman–Crippen LogP) is 2.44. The molecule has 0 unspecified atom stereocenters. The van der Waals surface area contributed by atoms with Crippen LogP contribution in [-0.4, -0.2) is 41.5 Å². The maximum Gasteiger partial charge on any atom is 0.127 e. The van der Waals surface area contributed by atoms with Crippen LogP contribution in [-0.2, 0) is 4.79 Å². The van der Waals surface area contributed by atoms with E-state index in [4.69, 9.17) is 0 Å². The van der Waals surface area contributed by atoms with Crippen molar-refractivity contribution >= 4 is 38.1 Å². The van der Waals surface area contributed by atoms with Crippen LogP contribution in [0.15, 0.2) is 0 Å². The molecule has 0 amide bonds. The van der Waals surface area contributed by atoms with Crippen molar-refractivity contribution in [2.75, 3.05) is 20.6 Å². The maximum absolute atomic E-state index is 11.2. The topological polar surface area (TPSA) is 20.3 Å². The highest BCUT2D eigenvalue weighted by Crippen LogP contribution is 2.40. The quantitative estimate of drug-likeness (QED) is 0.586. The molecule has 2 nitrogen and oxygen atoms in total. The van der Waals surface area contributed by atoms with Crippen LogP contribution in [0, 0.1) is 5.41 Å². The highest BCUT2D eigenvalue weighted by atomic mass is 79.9. The molecule has 1 rings (SSSR count). The van der Waals surface area contributed by atoms with Crippen molar-refractivity contribution < 1.29 is 4.79 Å². The van der Waals surface area contributed by atoms with Gasteiger partial charge in [-0.1, -0.05) is 31.9 Å². The Labute approximate surface area is 103 Å². The van der Waals surface area contributed by atoms with E-state index in [0.29, 0.717) is 9.65 Å². The van der Waals surface area contributed by atoms with Crippen molar-refractivity contribution in [2.45, 2.75) is 28.9 Å². The molecule has 1 saturated carbocycles. The van der Waals surface area contributed by atoms with Gasteiger partial charge >= 0.3 is 0 Å². The zero-order chi connectivity index (χ0) is 10.8. The van der Waals surface area contributed by atoms with E-state index in [-0.39, 0.29) is 5.41 Å². The summed E-state index contributed by atoms with van der Waals surface area (Å²) in [7, 11) is 4.05. The lowest BCUT2D eigenvalue weighted by Crippen LogP contribution is -2.42. The minimum atomic E-state index is -0.137. The second kappa shape index (κ2) is 5.08. The van der Waals surface area contributed by atoms with Gasteiger partial charge in [-0.25, -0.2) is 0 Å². The summed E-state index contributed by atoms with van der Waals surface area (Å²) in [5, 5.41) is 0. The lowest BCUT2D eigenvalue weighted by atomic mass is 9.75. The molecule has 0 aliphatic heterocycles. The fourth-order valence-corrected chi connectivity index (χ4v) is 3.47. The summed E-state index contributed by atoms with van der Waals surface area (Å²) in [5.41, 5.74) is -0.137. The van der Waals surface area contributed by atoms with E-state index in [1.54, 1.807) is 0 Å². The van der Waals surface area contributed by atoms with Gasteiger partial charge < -0.3 is 9.69 Å². The van der Waals surface area contributed by atoms with Crippen molar-refractivity contribution in [2.24, 2.45) is 5.41 Å². The lowest BCUT2D eigenvalue weighted by molar-refractivity contribution is -0.118. The first-order chi connectivity index (χ1) is 6.49. The summed E-state index contributed by atoms with van der Waals surface area (Å²) in [6.07, 6.45) is 4.15. The van der Waals surface area contributed by atoms with Gasteiger partial charge in [0.15, 0.2) is 0 Å². The van der Waals surface area contributed by atoms with Crippen molar-refractivity contribution in [1.82, 2.24) is 4.90 Å². The summed E-state index contributed by atoms with van der Waals surface area (Å²) in [4.78, 5) is 14.2. The monoisotopic (exact) mass is 325 g/mol. The molecule has 0 bridgehead atoms. The molecule has 1 fully saturated rings. The Kier molecular flexibility index (Phi) is 4.59. The Morgan fingerprint density at radius 3 is 2.50 bits per heavy atom. The average molecular weight is 327 g/mol. The van der Waals surface area contributed by atoms with Gasteiger partial charge in [0.25, 0.3) is 0 Å². The smallest absolute Gasteiger partial charge is 0.127 e. The third-order valence-corrected chi connectivity index (χ3v) is 5.56. The van der Waals surface area contributed by atoms with Crippen LogP contribution in [0.1, 0.15) is 19.3 Å². The second-order valence-electron chi connectivity index (χ2n) is 4.49. The highest BCUT2D eigenvalue weighted by molar-refractivity contribution is 9.12. The van der Waals surface area contributed by atoms with Crippen LogP contribution in [0.25, 0.3) is 0 Å². The largest absolute Gasteiger partial charge is 0.308 e. The van der Waals surface area contributed by atoms with Crippen LogP contribution in [0.3, 0.4) is 0 Å². The first kappa shape index (κ1) is 12.7. The van der Waals surface area contributed by atoms with E-state index >= 15 is 0 Å². The number of hydrogen-bond donors (Lipinski definition) is 0. The van der Waals surface area contributed by atoms with Crippen molar-refractivity contribution in [3.8, 4) is 0 Å². The summed E-state index contributed by atoms with van der Waals surface area (Å²) < 4.78 is 0. The molecule has 1 aliphatic rings. The highest BCUT2D eigenvalue weighted by Gasteiger charge is 2.39. The fourth-order valence-electron chi connectivity index (χ4n) is 2.14. The number of carbonyl (C=O) groups is 1. The number of hydrogen-bond acceptors (Lipinski definition) is 2. The van der Waals surface area contributed by atoms with Gasteiger partial charge in [-0.15, -0.1) is 0 Å². The van der Waals surface area contributed by atoms with Gasteiger partial charge in [-0.3, -0.25) is 0 Å². The zero-order valence-electron chi connectivity index (χ0n) is 8.67. The van der Waals surface area contributed by atoms with E-state index in [1.807, 2.05) is 14.1 Å². The van der Waals surface area contributed by atoms with Gasteiger partial charge in [-0.05, 0) is 33.4 Å². The standard InChI is InChI=1S/C10H17Br2NO/c1-13(2)6-10(7-14)4-3-8(11)9(12)5-10/h7-9H,3-6H2,1-2H3/t8-,9+,10-/m0/s1. The molecule has 0 spiro atoms. The van der Waals surface area contributed by atoms with E-state index in [1.165, 1.54) is 0 Å². The van der Waals surface area contributed by atoms with Gasteiger partial charge in [0.2, 0.25) is 0 Å². The number of alkyl halides is 2. The van der Waals surface area contributed by atoms with Gasteiger partial charge in [0.05, 0.1) is 0 Å². The summed E-state index contributed by atoms with van der Waals surface area (Å²) in [5.74, 6) is 0. The molecular formula is C10H17Br2NO. The first-order valence-electron chi connectivity index (χ1n) is 4.88. The lowest BCUT2D eigenvalue weighted by Gasteiger charge is -2.39. The molecule has 0 N–H and O–H groups in total. The Morgan fingerprint density at radius 1 is 1.43 bits per heavy atom. The minimum absolute atomic E-state index is 0.137. The Bertz CT molecular complexity index is 210. The van der Waals surface area contributed by atoms with Crippen molar-refractivity contribution in [1.29, 1.82) is 0 Å². The molecule has 1 aliphatic carbocycles. The molecule has 14 heavy (non-hydrogen) atoms. The Balaban J connectivity index is 2.66. The molecule has 82 valence electrons. The molecule has 0 saturated heterocycles. The van der Waals surface area contributed by atoms with E-state index in [0.717, 1.165) is 32.1 Å². The van der Waals surface area contributed by atoms with Crippen molar-refractivity contribution in [3.05, 3.63) is 0 Å². The number of carbonyl (C=O) groups excluding carboxylic acids is 1. The third kappa shape index (κ3) is 3.04. The molecule has 0 radical (unpaired) electrons. The predicted molar refractivity (Wildman–Crippen MR) is 66.3 cm³/mol. The van der Waals surface area contributed by atoms with Crippen LogP contribution >= 0.6 is 31.9 Å². The Morgan fingerprint density at radius 2 is 2.07 bits per heavy atom. The van der Waals surface area contributed by atoms with Crippen molar-refractivity contribution in [3.63, 3.8) is 0 Å². The van der Waals surface area contributed by atoms with Gasteiger partial charge in [0, 0.05) is 21.6 Å². The maximum atomic E-state index is 11.2. The van der Waals surface area contributed by atoms with E-state index in [9.17, 15) is 4.79 Å². The average Bonchev–Trinajstić information content (AvgIpc) is 2.11. The van der Waals surface area contributed by atoms with Crippen LogP contribution in [0.5, 0.6) is 0 Å². The van der Waals surface area contributed by atoms with E-state index < -0.39 is 0 Å². The fraction of sp³-hybridized carbons (Fsp3) is 0.900. The SMILES string of the molecule is CN(C)C[C@]1(C=O)CC[C@H](Br)[C@H](Br)C1. The molecule has 3 atom stereocenters. The normalized spacial score (nSPS) is 38.6. The first-order valence-corrected chi connectivity index (χ1v) is 6.71.